The maximum atomic E-state index is 11.9. The molecule has 0 aliphatic carbocycles. The van der Waals surface area contributed by atoms with E-state index in [4.69, 9.17) is 15.2 Å². The van der Waals surface area contributed by atoms with Crippen molar-refractivity contribution in [1.29, 1.82) is 0 Å². The van der Waals surface area contributed by atoms with Crippen molar-refractivity contribution in [3.8, 4) is 0 Å². The number of carbonyl (C=O) groups is 2. The third-order valence-electron chi connectivity index (χ3n) is 5.42. The van der Waals surface area contributed by atoms with Crippen LogP contribution in [0.25, 0.3) is 0 Å². The normalized spacial score (nSPS) is 12.5. The summed E-state index contributed by atoms with van der Waals surface area (Å²) in [4.78, 5) is 23.7. The molecule has 0 heterocycles. The number of nitrogens with two attached hydrogens (primary N) is 1. The topological polar surface area (TPSA) is 78.6 Å². The zero-order valence-electron chi connectivity index (χ0n) is 21.5. The van der Waals surface area contributed by atoms with E-state index in [-0.39, 0.29) is 19.2 Å². The molecule has 0 saturated heterocycles. The Hall–Kier alpha value is -2.66. The van der Waals surface area contributed by atoms with Crippen molar-refractivity contribution in [2.75, 3.05) is 13.2 Å². The zero-order valence-corrected chi connectivity index (χ0v) is 21.5. The molecule has 0 bridgehead atoms. The smallest absolute Gasteiger partial charge is 0.323 e. The van der Waals surface area contributed by atoms with Gasteiger partial charge in [0.1, 0.15) is 6.04 Å². The number of benzene rings is 1. The van der Waals surface area contributed by atoms with Gasteiger partial charge in [-0.15, -0.1) is 0 Å². The van der Waals surface area contributed by atoms with Gasteiger partial charge in [0.15, 0.2) is 0 Å². The molecule has 0 aliphatic heterocycles. The van der Waals surface area contributed by atoms with Crippen LogP contribution in [0.15, 0.2) is 66.8 Å². The van der Waals surface area contributed by atoms with Gasteiger partial charge in [-0.1, -0.05) is 86.6 Å². The van der Waals surface area contributed by atoms with Crippen LogP contribution in [0.2, 0.25) is 0 Å². The minimum atomic E-state index is -0.688. The van der Waals surface area contributed by atoms with Gasteiger partial charge in [0.05, 0.1) is 13.2 Å². The standard InChI is InChI=1S/C30H45NO4/c1-2-3-4-5-6-7-8-9-10-11-12-13-14-15-19-23-29(32)34-24-20-25-35-30(33)28(31)26-27-21-17-16-18-22-27/h6-7,9-10,12-13,16-18,21-22,28H,2-5,8,11,14-15,19-20,23-26,31H2,1H3/b7-6-,10-9-,13-12-. The Morgan fingerprint density at radius 1 is 0.800 bits per heavy atom. The Kier molecular flexibility index (Phi) is 19.0. The van der Waals surface area contributed by atoms with Gasteiger partial charge in [0.25, 0.3) is 0 Å². The van der Waals surface area contributed by atoms with Gasteiger partial charge in [-0.3, -0.25) is 9.59 Å². The number of hydrogen-bond donors (Lipinski definition) is 1. The molecule has 0 amide bonds. The van der Waals surface area contributed by atoms with E-state index in [9.17, 15) is 9.59 Å². The molecule has 1 aromatic rings. The van der Waals surface area contributed by atoms with Crippen molar-refractivity contribution in [2.24, 2.45) is 5.73 Å². The highest BCUT2D eigenvalue weighted by Gasteiger charge is 2.15. The van der Waals surface area contributed by atoms with Crippen LogP contribution in [0.1, 0.15) is 83.1 Å². The van der Waals surface area contributed by atoms with Gasteiger partial charge in [0.2, 0.25) is 0 Å². The molecule has 0 spiro atoms. The molecule has 0 radical (unpaired) electrons. The second-order valence-electron chi connectivity index (χ2n) is 8.66. The van der Waals surface area contributed by atoms with Gasteiger partial charge in [-0.25, -0.2) is 0 Å². The van der Waals surface area contributed by atoms with E-state index >= 15 is 0 Å². The number of rotatable bonds is 20. The number of carbonyl (C=O) groups excluding carboxylic acids is 2. The van der Waals surface area contributed by atoms with Crippen LogP contribution < -0.4 is 5.73 Å². The van der Waals surface area contributed by atoms with Gasteiger partial charge in [-0.05, 0) is 56.9 Å². The maximum absolute atomic E-state index is 11.9. The molecule has 5 heteroatoms. The second kappa shape index (κ2) is 21.8. The van der Waals surface area contributed by atoms with Crippen molar-refractivity contribution < 1.29 is 19.1 Å². The van der Waals surface area contributed by atoms with Crippen LogP contribution >= 0.6 is 0 Å². The molecule has 1 aromatic carbocycles. The van der Waals surface area contributed by atoms with Crippen LogP contribution in [0.4, 0.5) is 0 Å². The molecular weight excluding hydrogens is 438 g/mol. The molecule has 0 aliphatic rings. The highest BCUT2D eigenvalue weighted by Crippen LogP contribution is 2.05. The first-order chi connectivity index (χ1) is 17.1. The number of ether oxygens (including phenoxy) is 2. The van der Waals surface area contributed by atoms with Crippen LogP contribution in [0, 0.1) is 0 Å². The van der Waals surface area contributed by atoms with E-state index in [2.05, 4.69) is 43.4 Å². The highest BCUT2D eigenvalue weighted by atomic mass is 16.5. The van der Waals surface area contributed by atoms with E-state index in [1.165, 1.54) is 25.7 Å². The van der Waals surface area contributed by atoms with E-state index in [0.717, 1.165) is 37.7 Å². The molecule has 1 unspecified atom stereocenters. The summed E-state index contributed by atoms with van der Waals surface area (Å²) in [6, 6.07) is 8.91. The fraction of sp³-hybridized carbons (Fsp3) is 0.533. The average molecular weight is 484 g/mol. The van der Waals surface area contributed by atoms with Gasteiger partial charge in [-0.2, -0.15) is 0 Å². The summed E-state index contributed by atoms with van der Waals surface area (Å²) in [6.07, 6.45) is 24.4. The lowest BCUT2D eigenvalue weighted by Crippen LogP contribution is -2.34. The van der Waals surface area contributed by atoms with Crippen LogP contribution in [-0.2, 0) is 25.5 Å². The number of esters is 2. The first-order valence-electron chi connectivity index (χ1n) is 13.2. The molecule has 35 heavy (non-hydrogen) atoms. The zero-order chi connectivity index (χ0) is 25.4. The number of allylic oxidation sites excluding steroid dienone is 6. The maximum Gasteiger partial charge on any atom is 0.323 e. The fourth-order valence-corrected chi connectivity index (χ4v) is 3.37. The predicted octanol–water partition coefficient (Wildman–Crippen LogP) is 6.62. The van der Waals surface area contributed by atoms with Crippen LogP contribution in [-0.4, -0.2) is 31.2 Å². The fourth-order valence-electron chi connectivity index (χ4n) is 3.37. The molecule has 1 atom stereocenters. The Morgan fingerprint density at radius 3 is 2.06 bits per heavy atom. The summed E-state index contributed by atoms with van der Waals surface area (Å²) in [7, 11) is 0. The van der Waals surface area contributed by atoms with E-state index in [1.807, 2.05) is 30.3 Å². The first-order valence-corrected chi connectivity index (χ1v) is 13.2. The third kappa shape index (κ3) is 18.4. The molecule has 5 nitrogen and oxygen atoms in total. The molecule has 0 saturated carbocycles. The molecule has 2 N–H and O–H groups in total. The van der Waals surface area contributed by atoms with Crippen LogP contribution in [0.5, 0.6) is 0 Å². The lowest BCUT2D eigenvalue weighted by molar-refractivity contribution is -0.147. The van der Waals surface area contributed by atoms with E-state index < -0.39 is 12.0 Å². The van der Waals surface area contributed by atoms with E-state index in [1.54, 1.807) is 0 Å². The molecule has 0 aromatic heterocycles. The average Bonchev–Trinajstić information content (AvgIpc) is 2.86. The highest BCUT2D eigenvalue weighted by molar-refractivity contribution is 5.75. The quantitative estimate of drug-likeness (QED) is 0.128. The summed E-state index contributed by atoms with van der Waals surface area (Å²) in [5.74, 6) is -0.634. The van der Waals surface area contributed by atoms with E-state index in [0.29, 0.717) is 19.3 Å². The van der Waals surface area contributed by atoms with Gasteiger partial charge >= 0.3 is 11.9 Å². The molecule has 0 fully saturated rings. The van der Waals surface area contributed by atoms with Crippen LogP contribution in [0.3, 0.4) is 0 Å². The summed E-state index contributed by atoms with van der Waals surface area (Å²) in [5, 5.41) is 0. The van der Waals surface area contributed by atoms with Crippen molar-refractivity contribution in [3.63, 3.8) is 0 Å². The second-order valence-corrected chi connectivity index (χ2v) is 8.66. The third-order valence-corrected chi connectivity index (χ3v) is 5.42. The summed E-state index contributed by atoms with van der Waals surface area (Å²) >= 11 is 0. The Bertz CT molecular complexity index is 755. The summed E-state index contributed by atoms with van der Waals surface area (Å²) in [5.41, 5.74) is 6.88. The van der Waals surface area contributed by atoms with Crippen molar-refractivity contribution >= 4 is 11.9 Å². The SMILES string of the molecule is CCCCC/C=C\C/C=C\C/C=C\CCCCC(=O)OCCCOC(=O)C(N)Cc1ccccc1. The predicted molar refractivity (Wildman–Crippen MR) is 144 cm³/mol. The molecular formula is C30H45NO4. The molecule has 194 valence electrons. The Morgan fingerprint density at radius 2 is 1.40 bits per heavy atom. The summed E-state index contributed by atoms with van der Waals surface area (Å²) in [6.45, 7) is 2.68. The minimum absolute atomic E-state index is 0.198. The number of unbranched alkanes of at least 4 members (excludes halogenated alkanes) is 5. The van der Waals surface area contributed by atoms with Crippen molar-refractivity contribution in [1.82, 2.24) is 0 Å². The monoisotopic (exact) mass is 483 g/mol. The first kappa shape index (κ1) is 30.4. The van der Waals surface area contributed by atoms with Crippen molar-refractivity contribution in [3.05, 3.63) is 72.4 Å². The summed E-state index contributed by atoms with van der Waals surface area (Å²) < 4.78 is 10.4. The van der Waals surface area contributed by atoms with Crippen molar-refractivity contribution in [2.45, 2.75) is 90.0 Å². The minimum Gasteiger partial charge on any atom is -0.466 e. The lowest BCUT2D eigenvalue weighted by Gasteiger charge is -2.11. The number of hydrogen-bond acceptors (Lipinski definition) is 5. The van der Waals surface area contributed by atoms with Gasteiger partial charge < -0.3 is 15.2 Å². The largest absolute Gasteiger partial charge is 0.466 e. The Labute approximate surface area is 212 Å². The van der Waals surface area contributed by atoms with Gasteiger partial charge in [0, 0.05) is 12.8 Å². The lowest BCUT2D eigenvalue weighted by atomic mass is 10.1. The molecule has 1 rings (SSSR count). The Balaban J connectivity index is 1.93.